The predicted octanol–water partition coefficient (Wildman–Crippen LogP) is 4.32. The van der Waals surface area contributed by atoms with E-state index in [1.54, 1.807) is 0 Å². The Kier molecular flexibility index (Phi) is 3.42. The molecule has 0 aliphatic heterocycles. The minimum absolute atomic E-state index is 0.499. The summed E-state index contributed by atoms with van der Waals surface area (Å²) in [6, 6.07) is 11.4. The third-order valence-electron chi connectivity index (χ3n) is 5.47. The van der Waals surface area contributed by atoms with Gasteiger partial charge >= 0.3 is 0 Å². The molecule has 2 heteroatoms. The molecular weight excluding hydrogens is 256 g/mol. The van der Waals surface area contributed by atoms with Crippen molar-refractivity contribution in [2.24, 2.45) is 17.8 Å². The van der Waals surface area contributed by atoms with Gasteiger partial charge in [-0.15, -0.1) is 0 Å². The summed E-state index contributed by atoms with van der Waals surface area (Å²) in [5.74, 6) is 2.79. The maximum Gasteiger partial charge on any atom is 0.0749 e. The summed E-state index contributed by atoms with van der Waals surface area (Å²) < 4.78 is 0. The topological polar surface area (TPSA) is 24.9 Å². The highest BCUT2D eigenvalue weighted by atomic mass is 14.9. The van der Waals surface area contributed by atoms with E-state index in [-0.39, 0.29) is 0 Å². The molecule has 2 fully saturated rings. The Bertz CT molecular complexity index is 621. The molecule has 2 aromatic rings. The van der Waals surface area contributed by atoms with Gasteiger partial charge in [-0.05, 0) is 55.2 Å². The van der Waals surface area contributed by atoms with Crippen LogP contribution in [0.2, 0.25) is 0 Å². The van der Waals surface area contributed by atoms with Crippen LogP contribution >= 0.6 is 0 Å². The molecule has 2 saturated carbocycles. The second-order valence-electron chi connectivity index (χ2n) is 6.69. The van der Waals surface area contributed by atoms with E-state index in [2.05, 4.69) is 41.5 Å². The van der Waals surface area contributed by atoms with Crippen molar-refractivity contribution < 1.29 is 0 Å². The van der Waals surface area contributed by atoms with Crippen LogP contribution in [-0.4, -0.2) is 11.5 Å². The van der Waals surface area contributed by atoms with Gasteiger partial charge in [0.25, 0.3) is 0 Å². The van der Waals surface area contributed by atoms with Crippen molar-refractivity contribution in [1.29, 1.82) is 0 Å². The highest BCUT2D eigenvalue weighted by Gasteiger charge is 2.56. The summed E-state index contributed by atoms with van der Waals surface area (Å²) in [7, 11) is 0. The van der Waals surface area contributed by atoms with Crippen LogP contribution < -0.4 is 5.32 Å². The Balaban J connectivity index is 1.71. The zero-order valence-electron chi connectivity index (χ0n) is 12.8. The highest BCUT2D eigenvalue weighted by molar-refractivity contribution is 5.82. The van der Waals surface area contributed by atoms with Gasteiger partial charge in [0.1, 0.15) is 0 Å². The van der Waals surface area contributed by atoms with Crippen molar-refractivity contribution in [1.82, 2.24) is 10.3 Å². The molecule has 0 radical (unpaired) electrons. The molecule has 1 heterocycles. The van der Waals surface area contributed by atoms with Crippen molar-refractivity contribution in [3.05, 3.63) is 42.1 Å². The zero-order valence-corrected chi connectivity index (χ0v) is 12.8. The zero-order chi connectivity index (χ0) is 14.2. The molecular formula is C19H24N2. The van der Waals surface area contributed by atoms with Gasteiger partial charge in [0.15, 0.2) is 0 Å². The standard InChI is InChI=1S/C19H24N2/c1-2-11-20-19(17-14-8-4-9-15(14)17)16-10-3-6-13-7-5-12-21-18(13)16/h3,5-7,10,12,14-15,17,19-20H,2,4,8-9,11H2,1H3. The number of hydrogen-bond donors (Lipinski definition) is 1. The molecule has 2 aliphatic carbocycles. The van der Waals surface area contributed by atoms with Gasteiger partial charge < -0.3 is 5.32 Å². The molecule has 0 amide bonds. The summed E-state index contributed by atoms with van der Waals surface area (Å²) in [5.41, 5.74) is 2.61. The van der Waals surface area contributed by atoms with E-state index >= 15 is 0 Å². The molecule has 0 saturated heterocycles. The first-order chi connectivity index (χ1) is 10.4. The molecule has 1 aromatic carbocycles. The molecule has 110 valence electrons. The minimum atomic E-state index is 0.499. The number of hydrogen-bond acceptors (Lipinski definition) is 2. The van der Waals surface area contributed by atoms with Gasteiger partial charge in [-0.1, -0.05) is 37.6 Å². The molecule has 0 spiro atoms. The van der Waals surface area contributed by atoms with Crippen molar-refractivity contribution in [3.8, 4) is 0 Å². The molecule has 1 N–H and O–H groups in total. The summed E-state index contributed by atoms with van der Waals surface area (Å²) in [5, 5.41) is 5.10. The van der Waals surface area contributed by atoms with Gasteiger partial charge in [0.05, 0.1) is 5.52 Å². The second kappa shape index (κ2) is 5.42. The molecule has 21 heavy (non-hydrogen) atoms. The lowest BCUT2D eigenvalue weighted by atomic mass is 9.94. The first-order valence-electron chi connectivity index (χ1n) is 8.47. The van der Waals surface area contributed by atoms with Gasteiger partial charge in [-0.25, -0.2) is 0 Å². The lowest BCUT2D eigenvalue weighted by Crippen LogP contribution is -2.25. The van der Waals surface area contributed by atoms with Crippen LogP contribution in [0.3, 0.4) is 0 Å². The average molecular weight is 280 g/mol. The number of fused-ring (bicyclic) bond motifs is 2. The number of para-hydroxylation sites is 1. The summed E-state index contributed by atoms with van der Waals surface area (Å²) in [6.07, 6.45) is 7.45. The fourth-order valence-electron chi connectivity index (χ4n) is 4.50. The minimum Gasteiger partial charge on any atom is -0.310 e. The SMILES string of the molecule is CCCNC(c1cccc2cccnc12)C1C2CCCC21. The number of rotatable bonds is 5. The Labute approximate surface area is 127 Å². The highest BCUT2D eigenvalue weighted by Crippen LogP contribution is 2.62. The van der Waals surface area contributed by atoms with Gasteiger partial charge in [0.2, 0.25) is 0 Å². The normalized spacial score (nSPS) is 28.5. The van der Waals surface area contributed by atoms with Crippen LogP contribution in [0.1, 0.15) is 44.2 Å². The fourth-order valence-corrected chi connectivity index (χ4v) is 4.50. The Hall–Kier alpha value is -1.41. The summed E-state index contributed by atoms with van der Waals surface area (Å²) in [4.78, 5) is 4.67. The first-order valence-corrected chi connectivity index (χ1v) is 8.47. The molecule has 1 aromatic heterocycles. The van der Waals surface area contributed by atoms with Crippen molar-refractivity contribution in [2.45, 2.75) is 38.6 Å². The fraction of sp³-hybridized carbons (Fsp3) is 0.526. The Morgan fingerprint density at radius 1 is 1.19 bits per heavy atom. The number of benzene rings is 1. The van der Waals surface area contributed by atoms with E-state index < -0.39 is 0 Å². The maximum atomic E-state index is 4.67. The summed E-state index contributed by atoms with van der Waals surface area (Å²) >= 11 is 0. The van der Waals surface area contributed by atoms with E-state index in [9.17, 15) is 0 Å². The van der Waals surface area contributed by atoms with Crippen LogP contribution in [-0.2, 0) is 0 Å². The lowest BCUT2D eigenvalue weighted by Gasteiger charge is -2.22. The van der Waals surface area contributed by atoms with Crippen molar-refractivity contribution >= 4 is 10.9 Å². The van der Waals surface area contributed by atoms with Gasteiger partial charge in [-0.2, -0.15) is 0 Å². The number of nitrogens with zero attached hydrogens (tertiary/aromatic N) is 1. The van der Waals surface area contributed by atoms with E-state index in [4.69, 9.17) is 0 Å². The third kappa shape index (κ3) is 2.26. The van der Waals surface area contributed by atoms with Crippen LogP contribution in [0.25, 0.3) is 10.9 Å². The van der Waals surface area contributed by atoms with E-state index in [1.807, 2.05) is 12.3 Å². The van der Waals surface area contributed by atoms with Gasteiger partial charge in [0, 0.05) is 17.6 Å². The largest absolute Gasteiger partial charge is 0.310 e. The molecule has 0 bridgehead atoms. The Morgan fingerprint density at radius 3 is 2.81 bits per heavy atom. The van der Waals surface area contributed by atoms with Crippen LogP contribution in [0.4, 0.5) is 0 Å². The van der Waals surface area contributed by atoms with Crippen LogP contribution in [0, 0.1) is 17.8 Å². The quantitative estimate of drug-likeness (QED) is 0.882. The molecule has 2 aliphatic rings. The second-order valence-corrected chi connectivity index (χ2v) is 6.69. The molecule has 2 nitrogen and oxygen atoms in total. The van der Waals surface area contributed by atoms with E-state index in [0.717, 1.165) is 24.3 Å². The van der Waals surface area contributed by atoms with Gasteiger partial charge in [-0.3, -0.25) is 4.98 Å². The monoisotopic (exact) mass is 280 g/mol. The summed E-state index contributed by atoms with van der Waals surface area (Å²) in [6.45, 7) is 3.35. The smallest absolute Gasteiger partial charge is 0.0749 e. The molecule has 3 atom stereocenters. The number of nitrogens with one attached hydrogen (secondary N) is 1. The predicted molar refractivity (Wildman–Crippen MR) is 87.1 cm³/mol. The molecule has 3 unspecified atom stereocenters. The lowest BCUT2D eigenvalue weighted by molar-refractivity contribution is 0.419. The van der Waals surface area contributed by atoms with Crippen molar-refractivity contribution in [2.75, 3.05) is 6.54 Å². The first kappa shape index (κ1) is 13.3. The number of pyridine rings is 1. The number of aromatic nitrogens is 1. The average Bonchev–Trinajstić information content (AvgIpc) is 2.99. The van der Waals surface area contributed by atoms with Crippen LogP contribution in [0.5, 0.6) is 0 Å². The molecule has 4 rings (SSSR count). The van der Waals surface area contributed by atoms with E-state index in [1.165, 1.54) is 42.1 Å². The third-order valence-corrected chi connectivity index (χ3v) is 5.47. The van der Waals surface area contributed by atoms with E-state index in [0.29, 0.717) is 6.04 Å². The van der Waals surface area contributed by atoms with Crippen LogP contribution in [0.15, 0.2) is 36.5 Å². The van der Waals surface area contributed by atoms with Crippen molar-refractivity contribution in [3.63, 3.8) is 0 Å². The Morgan fingerprint density at radius 2 is 2.00 bits per heavy atom. The maximum absolute atomic E-state index is 4.67.